The van der Waals surface area contributed by atoms with Crippen molar-refractivity contribution in [2.45, 2.75) is 25.7 Å². The molecule has 0 aliphatic carbocycles. The minimum atomic E-state index is 0.281. The van der Waals surface area contributed by atoms with Crippen molar-refractivity contribution in [1.29, 1.82) is 0 Å². The second kappa shape index (κ2) is 7.00. The first kappa shape index (κ1) is 13.7. The molecule has 0 amide bonds. The Morgan fingerprint density at radius 3 is 2.42 bits per heavy atom. The van der Waals surface area contributed by atoms with Crippen molar-refractivity contribution in [3.8, 4) is 5.75 Å². The van der Waals surface area contributed by atoms with Gasteiger partial charge in [-0.15, -0.1) is 0 Å². The molecule has 3 N–H and O–H groups in total. The van der Waals surface area contributed by atoms with E-state index in [0.717, 1.165) is 47.9 Å². The molecule has 2 aromatic carbocycles. The van der Waals surface area contributed by atoms with Gasteiger partial charge in [-0.1, -0.05) is 30.7 Å². The Morgan fingerprint density at radius 1 is 0.895 bits per heavy atom. The fraction of sp³-hybridized carbons (Fsp3) is 0.375. The lowest BCUT2D eigenvalue weighted by Crippen LogP contribution is -1.99. The highest BCUT2D eigenvalue weighted by atomic mass is 16.5. The van der Waals surface area contributed by atoms with Crippen LogP contribution >= 0.6 is 0 Å². The maximum absolute atomic E-state index is 8.70. The summed E-state index contributed by atoms with van der Waals surface area (Å²) in [6, 6.07) is 11.9. The van der Waals surface area contributed by atoms with E-state index in [1.54, 1.807) is 0 Å². The van der Waals surface area contributed by atoms with E-state index >= 15 is 0 Å². The van der Waals surface area contributed by atoms with Gasteiger partial charge in [0.25, 0.3) is 0 Å². The molecule has 2 aromatic rings. The van der Waals surface area contributed by atoms with Crippen LogP contribution in [0.4, 0.5) is 5.69 Å². The summed E-state index contributed by atoms with van der Waals surface area (Å²) in [5.41, 5.74) is 6.74. The summed E-state index contributed by atoms with van der Waals surface area (Å²) in [4.78, 5) is 0. The molecule has 0 aromatic heterocycles. The Hall–Kier alpha value is -1.74. The van der Waals surface area contributed by atoms with Crippen LogP contribution in [0.2, 0.25) is 0 Å². The van der Waals surface area contributed by atoms with E-state index < -0.39 is 0 Å². The largest absolute Gasteiger partial charge is 0.493 e. The van der Waals surface area contributed by atoms with Gasteiger partial charge in [0.2, 0.25) is 0 Å². The van der Waals surface area contributed by atoms with Gasteiger partial charge in [-0.3, -0.25) is 0 Å². The molecule has 3 nitrogen and oxygen atoms in total. The number of unbranched alkanes of at least 4 members (excludes halogenated alkanes) is 3. The molecule has 2 rings (SSSR count). The number of benzene rings is 2. The highest BCUT2D eigenvalue weighted by Gasteiger charge is 2.04. The Kier molecular flexibility index (Phi) is 5.04. The summed E-state index contributed by atoms with van der Waals surface area (Å²) in [7, 11) is 0. The molecule has 0 fully saturated rings. The average molecular weight is 259 g/mol. The predicted molar refractivity (Wildman–Crippen MR) is 79.4 cm³/mol. The number of nitrogen functional groups attached to an aromatic ring is 1. The lowest BCUT2D eigenvalue weighted by molar-refractivity contribution is 0.274. The molecule has 19 heavy (non-hydrogen) atoms. The van der Waals surface area contributed by atoms with E-state index in [0.29, 0.717) is 6.61 Å². The van der Waals surface area contributed by atoms with Crippen molar-refractivity contribution in [3.63, 3.8) is 0 Å². The summed E-state index contributed by atoms with van der Waals surface area (Å²) in [6.45, 7) is 0.989. The van der Waals surface area contributed by atoms with E-state index in [1.807, 2.05) is 36.4 Å². The predicted octanol–water partition coefficient (Wildman–Crippen LogP) is 3.35. The third kappa shape index (κ3) is 3.61. The number of hydrogen-bond acceptors (Lipinski definition) is 3. The van der Waals surface area contributed by atoms with Gasteiger partial charge in [0.15, 0.2) is 0 Å². The fourth-order valence-corrected chi connectivity index (χ4v) is 2.17. The first-order chi connectivity index (χ1) is 9.33. The normalized spacial score (nSPS) is 10.8. The van der Waals surface area contributed by atoms with E-state index in [-0.39, 0.29) is 6.61 Å². The van der Waals surface area contributed by atoms with Gasteiger partial charge in [0, 0.05) is 23.1 Å². The van der Waals surface area contributed by atoms with Crippen molar-refractivity contribution >= 4 is 16.5 Å². The van der Waals surface area contributed by atoms with E-state index in [1.165, 1.54) is 0 Å². The van der Waals surface area contributed by atoms with Gasteiger partial charge in [-0.05, 0) is 31.4 Å². The van der Waals surface area contributed by atoms with Crippen molar-refractivity contribution in [1.82, 2.24) is 0 Å². The summed E-state index contributed by atoms with van der Waals surface area (Å²) < 4.78 is 5.84. The number of anilines is 1. The molecule has 0 radical (unpaired) electrons. The second-order valence-corrected chi connectivity index (χ2v) is 4.68. The van der Waals surface area contributed by atoms with Crippen LogP contribution in [0.15, 0.2) is 36.4 Å². The zero-order chi connectivity index (χ0) is 13.5. The molecule has 0 unspecified atom stereocenters. The molecule has 0 saturated carbocycles. The third-order valence-electron chi connectivity index (χ3n) is 3.23. The SMILES string of the molecule is Nc1ccc(OCCCCCCO)c2ccccc12. The quantitative estimate of drug-likeness (QED) is 0.592. The smallest absolute Gasteiger partial charge is 0.127 e. The zero-order valence-corrected chi connectivity index (χ0v) is 11.1. The topological polar surface area (TPSA) is 55.5 Å². The zero-order valence-electron chi connectivity index (χ0n) is 11.1. The third-order valence-corrected chi connectivity index (χ3v) is 3.23. The molecule has 0 saturated heterocycles. The number of hydrogen-bond donors (Lipinski definition) is 2. The van der Waals surface area contributed by atoms with Crippen LogP contribution in [0.5, 0.6) is 5.75 Å². The number of aliphatic hydroxyl groups is 1. The van der Waals surface area contributed by atoms with E-state index in [2.05, 4.69) is 0 Å². The molecule has 0 atom stereocenters. The first-order valence-electron chi connectivity index (χ1n) is 6.84. The summed E-state index contributed by atoms with van der Waals surface area (Å²) in [6.07, 6.45) is 4.04. The van der Waals surface area contributed by atoms with Crippen LogP contribution in [0.1, 0.15) is 25.7 Å². The highest BCUT2D eigenvalue weighted by molar-refractivity contribution is 5.96. The number of fused-ring (bicyclic) bond motifs is 1. The fourth-order valence-electron chi connectivity index (χ4n) is 2.17. The Bertz CT molecular complexity index is 525. The number of nitrogens with two attached hydrogens (primary N) is 1. The second-order valence-electron chi connectivity index (χ2n) is 4.68. The number of ether oxygens (including phenoxy) is 1. The van der Waals surface area contributed by atoms with Gasteiger partial charge in [0.1, 0.15) is 5.75 Å². The van der Waals surface area contributed by atoms with Crippen molar-refractivity contribution in [3.05, 3.63) is 36.4 Å². The molecular formula is C16H21NO2. The van der Waals surface area contributed by atoms with Gasteiger partial charge in [-0.2, -0.15) is 0 Å². The lowest BCUT2D eigenvalue weighted by Gasteiger charge is -2.10. The minimum Gasteiger partial charge on any atom is -0.493 e. The monoisotopic (exact) mass is 259 g/mol. The summed E-state index contributed by atoms with van der Waals surface area (Å²) in [5, 5.41) is 10.8. The van der Waals surface area contributed by atoms with Crippen LogP contribution in [0, 0.1) is 0 Å². The van der Waals surface area contributed by atoms with E-state index in [9.17, 15) is 0 Å². The molecule has 0 aliphatic rings. The molecule has 0 spiro atoms. The molecule has 0 aliphatic heterocycles. The lowest BCUT2D eigenvalue weighted by atomic mass is 10.1. The van der Waals surface area contributed by atoms with Crippen molar-refractivity contribution in [2.24, 2.45) is 0 Å². The highest BCUT2D eigenvalue weighted by Crippen LogP contribution is 2.29. The molecular weight excluding hydrogens is 238 g/mol. The summed E-state index contributed by atoms with van der Waals surface area (Å²) >= 11 is 0. The first-order valence-corrected chi connectivity index (χ1v) is 6.84. The number of rotatable bonds is 7. The maximum Gasteiger partial charge on any atom is 0.127 e. The summed E-state index contributed by atoms with van der Waals surface area (Å²) in [5.74, 6) is 0.895. The van der Waals surface area contributed by atoms with Crippen LogP contribution in [-0.4, -0.2) is 18.3 Å². The van der Waals surface area contributed by atoms with Crippen LogP contribution in [0.3, 0.4) is 0 Å². The Labute approximate surface area is 114 Å². The van der Waals surface area contributed by atoms with E-state index in [4.69, 9.17) is 15.6 Å². The van der Waals surface area contributed by atoms with Crippen molar-refractivity contribution < 1.29 is 9.84 Å². The van der Waals surface area contributed by atoms with Crippen LogP contribution in [-0.2, 0) is 0 Å². The van der Waals surface area contributed by atoms with Gasteiger partial charge >= 0.3 is 0 Å². The Balaban J connectivity index is 1.96. The van der Waals surface area contributed by atoms with Gasteiger partial charge < -0.3 is 15.6 Å². The number of aliphatic hydroxyl groups excluding tert-OH is 1. The van der Waals surface area contributed by atoms with Gasteiger partial charge in [-0.25, -0.2) is 0 Å². The molecule has 0 bridgehead atoms. The Morgan fingerprint density at radius 2 is 1.63 bits per heavy atom. The minimum absolute atomic E-state index is 0.281. The maximum atomic E-state index is 8.70. The van der Waals surface area contributed by atoms with Crippen molar-refractivity contribution in [2.75, 3.05) is 18.9 Å². The molecule has 102 valence electrons. The van der Waals surface area contributed by atoms with Gasteiger partial charge in [0.05, 0.1) is 6.61 Å². The standard InChI is InChI=1S/C16H21NO2/c17-15-9-10-16(14-8-4-3-7-13(14)15)19-12-6-2-1-5-11-18/h3-4,7-10,18H,1-2,5-6,11-12,17H2. The van der Waals surface area contributed by atoms with Crippen LogP contribution in [0.25, 0.3) is 10.8 Å². The average Bonchev–Trinajstić information content (AvgIpc) is 2.45. The van der Waals surface area contributed by atoms with Crippen LogP contribution < -0.4 is 10.5 Å². The molecule has 3 heteroatoms. The molecule has 0 heterocycles.